The molecule has 8 nitrogen and oxygen atoms in total. The first-order valence-electron chi connectivity index (χ1n) is 12.7. The molecule has 3 aromatic rings. The molecule has 6 rings (SSSR count). The van der Waals surface area contributed by atoms with Gasteiger partial charge < -0.3 is 15.5 Å². The SMILES string of the molecule is Cc1c(C2CC(Nc3nc4c(s3)CNCC4)C(=O)NN2)cccc1N1Cc2cc(C(C)(C)C)sc2C1=O. The first-order chi connectivity index (χ1) is 17.7. The number of hydrogen-bond donors (Lipinski definition) is 4. The van der Waals surface area contributed by atoms with E-state index in [9.17, 15) is 9.59 Å². The number of thiophene rings is 1. The molecule has 194 valence electrons. The van der Waals surface area contributed by atoms with E-state index in [0.717, 1.165) is 57.6 Å². The van der Waals surface area contributed by atoms with Crippen LogP contribution in [0.2, 0.25) is 0 Å². The number of rotatable bonds is 4. The molecule has 2 unspecified atom stereocenters. The molecule has 2 aromatic heterocycles. The fourth-order valence-corrected chi connectivity index (χ4v) is 7.49. The van der Waals surface area contributed by atoms with Crippen LogP contribution in [0.5, 0.6) is 0 Å². The van der Waals surface area contributed by atoms with Gasteiger partial charge in [0, 0.05) is 35.0 Å². The van der Waals surface area contributed by atoms with E-state index >= 15 is 0 Å². The van der Waals surface area contributed by atoms with Gasteiger partial charge >= 0.3 is 0 Å². The van der Waals surface area contributed by atoms with Crippen LogP contribution in [0, 0.1) is 6.92 Å². The van der Waals surface area contributed by atoms with Crippen molar-refractivity contribution in [1.82, 2.24) is 21.2 Å². The van der Waals surface area contributed by atoms with E-state index < -0.39 is 6.04 Å². The zero-order valence-electron chi connectivity index (χ0n) is 21.5. The summed E-state index contributed by atoms with van der Waals surface area (Å²) in [6.07, 6.45) is 1.49. The van der Waals surface area contributed by atoms with Crippen LogP contribution in [0.3, 0.4) is 0 Å². The molecule has 0 saturated carbocycles. The fourth-order valence-electron chi connectivity index (χ4n) is 5.28. The van der Waals surface area contributed by atoms with Crippen LogP contribution < -0.4 is 26.4 Å². The van der Waals surface area contributed by atoms with Crippen LogP contribution in [-0.4, -0.2) is 29.4 Å². The summed E-state index contributed by atoms with van der Waals surface area (Å²) in [4.78, 5) is 36.0. The fraction of sp³-hybridized carbons (Fsp3) is 0.444. The molecule has 1 aromatic carbocycles. The second-order valence-corrected chi connectivity index (χ2v) is 13.2. The molecule has 0 spiro atoms. The molecule has 5 heterocycles. The van der Waals surface area contributed by atoms with Crippen LogP contribution >= 0.6 is 22.7 Å². The normalized spacial score (nSPS) is 21.6. The highest BCUT2D eigenvalue weighted by Crippen LogP contribution is 2.40. The number of fused-ring (bicyclic) bond motifs is 2. The summed E-state index contributed by atoms with van der Waals surface area (Å²) in [6, 6.07) is 7.80. The van der Waals surface area contributed by atoms with Crippen LogP contribution in [0.4, 0.5) is 10.8 Å². The van der Waals surface area contributed by atoms with E-state index in [4.69, 9.17) is 4.98 Å². The lowest BCUT2D eigenvalue weighted by atomic mass is 9.93. The summed E-state index contributed by atoms with van der Waals surface area (Å²) in [5.74, 6) is -0.0207. The van der Waals surface area contributed by atoms with Crippen molar-refractivity contribution in [1.29, 1.82) is 0 Å². The lowest BCUT2D eigenvalue weighted by Crippen LogP contribution is -2.54. The molecular formula is C27H32N6O2S2. The Hall–Kier alpha value is -2.79. The highest BCUT2D eigenvalue weighted by Gasteiger charge is 2.36. The summed E-state index contributed by atoms with van der Waals surface area (Å²) in [5, 5.41) is 7.54. The Morgan fingerprint density at radius 1 is 1.19 bits per heavy atom. The van der Waals surface area contributed by atoms with E-state index in [-0.39, 0.29) is 23.3 Å². The van der Waals surface area contributed by atoms with Gasteiger partial charge in [-0.2, -0.15) is 0 Å². The molecule has 3 aliphatic rings. The largest absolute Gasteiger partial charge is 0.350 e. The average Bonchev–Trinajstić information content (AvgIpc) is 3.54. The third kappa shape index (κ3) is 4.46. The number of hydrogen-bond acceptors (Lipinski definition) is 8. The van der Waals surface area contributed by atoms with Crippen molar-refractivity contribution in [2.24, 2.45) is 0 Å². The van der Waals surface area contributed by atoms with Crippen molar-refractivity contribution in [2.75, 3.05) is 16.8 Å². The number of nitrogens with one attached hydrogen (secondary N) is 4. The summed E-state index contributed by atoms with van der Waals surface area (Å²) >= 11 is 3.24. The van der Waals surface area contributed by atoms with Gasteiger partial charge in [0.25, 0.3) is 11.8 Å². The summed E-state index contributed by atoms with van der Waals surface area (Å²) in [7, 11) is 0. The highest BCUT2D eigenvalue weighted by molar-refractivity contribution is 7.15. The first-order valence-corrected chi connectivity index (χ1v) is 14.4. The predicted octanol–water partition coefficient (Wildman–Crippen LogP) is 4.16. The van der Waals surface area contributed by atoms with Gasteiger partial charge in [0.1, 0.15) is 6.04 Å². The summed E-state index contributed by atoms with van der Waals surface area (Å²) in [5.41, 5.74) is 11.4. The Balaban J connectivity index is 1.21. The van der Waals surface area contributed by atoms with Crippen molar-refractivity contribution in [2.45, 2.75) is 71.1 Å². The lowest BCUT2D eigenvalue weighted by molar-refractivity contribution is -0.125. The minimum absolute atomic E-state index is 0.0342. The number of carbonyl (C=O) groups is 2. The van der Waals surface area contributed by atoms with E-state index in [1.165, 1.54) is 9.75 Å². The number of benzene rings is 1. The van der Waals surface area contributed by atoms with Crippen molar-refractivity contribution >= 4 is 45.3 Å². The molecular weight excluding hydrogens is 504 g/mol. The zero-order valence-corrected chi connectivity index (χ0v) is 23.2. The molecule has 10 heteroatoms. The van der Waals surface area contributed by atoms with Gasteiger partial charge in [-0.3, -0.25) is 15.0 Å². The van der Waals surface area contributed by atoms with Gasteiger partial charge in [-0.25, -0.2) is 10.4 Å². The van der Waals surface area contributed by atoms with E-state index in [2.05, 4.69) is 61.3 Å². The third-order valence-electron chi connectivity index (χ3n) is 7.39. The first kappa shape index (κ1) is 24.5. The number of amides is 2. The lowest BCUT2D eigenvalue weighted by Gasteiger charge is -2.32. The quantitative estimate of drug-likeness (QED) is 0.400. The van der Waals surface area contributed by atoms with Crippen molar-refractivity contribution in [3.05, 3.63) is 61.3 Å². The molecule has 0 aliphatic carbocycles. The molecule has 1 saturated heterocycles. The van der Waals surface area contributed by atoms with Crippen molar-refractivity contribution in [3.63, 3.8) is 0 Å². The average molecular weight is 537 g/mol. The summed E-state index contributed by atoms with van der Waals surface area (Å²) in [6.45, 7) is 11.0. The molecule has 4 N–H and O–H groups in total. The zero-order chi connectivity index (χ0) is 25.9. The standard InChI is InChI=1S/C27H32N6O2S2/c1-14-16(6-5-7-20(14)33-13-15-10-22(27(2,3)4)37-23(15)25(33)35)18-11-19(24(34)32-31-18)30-26-29-17-8-9-28-12-21(17)36-26/h5-7,10,18-19,28,31H,8-9,11-13H2,1-4H3,(H,29,30)(H,32,34). The molecule has 3 aliphatic heterocycles. The van der Waals surface area contributed by atoms with Gasteiger partial charge in [-0.1, -0.05) is 32.9 Å². The Morgan fingerprint density at radius 2 is 2.03 bits per heavy atom. The predicted molar refractivity (Wildman–Crippen MR) is 148 cm³/mol. The van der Waals surface area contributed by atoms with Gasteiger partial charge in [-0.15, -0.1) is 22.7 Å². The monoisotopic (exact) mass is 536 g/mol. The topological polar surface area (TPSA) is 98.4 Å². The van der Waals surface area contributed by atoms with Crippen LogP contribution in [-0.2, 0) is 29.7 Å². The second kappa shape index (κ2) is 9.20. The molecule has 37 heavy (non-hydrogen) atoms. The van der Waals surface area contributed by atoms with Crippen LogP contribution in [0.15, 0.2) is 24.3 Å². The number of anilines is 2. The maximum atomic E-state index is 13.4. The van der Waals surface area contributed by atoms with Gasteiger partial charge in [-0.05, 0) is 47.6 Å². The van der Waals surface area contributed by atoms with Gasteiger partial charge in [0.15, 0.2) is 5.13 Å². The van der Waals surface area contributed by atoms with Crippen LogP contribution in [0.25, 0.3) is 0 Å². The van der Waals surface area contributed by atoms with E-state index in [0.29, 0.717) is 13.0 Å². The third-order valence-corrected chi connectivity index (χ3v) is 10.0. The Bertz CT molecular complexity index is 1360. The minimum Gasteiger partial charge on any atom is -0.350 e. The molecule has 1 fully saturated rings. The highest BCUT2D eigenvalue weighted by atomic mass is 32.1. The number of carbonyl (C=O) groups excluding carboxylic acids is 2. The molecule has 2 amide bonds. The van der Waals surface area contributed by atoms with Gasteiger partial charge in [0.05, 0.1) is 23.2 Å². The molecule has 0 radical (unpaired) electrons. The number of thiazole rings is 1. The Morgan fingerprint density at radius 3 is 2.78 bits per heavy atom. The minimum atomic E-state index is -0.397. The second-order valence-electron chi connectivity index (χ2n) is 11.0. The number of hydrazine groups is 1. The molecule has 2 atom stereocenters. The van der Waals surface area contributed by atoms with Crippen molar-refractivity contribution < 1.29 is 9.59 Å². The molecule has 0 bridgehead atoms. The number of nitrogens with zero attached hydrogens (tertiary/aromatic N) is 2. The maximum Gasteiger partial charge on any atom is 0.269 e. The number of aromatic nitrogens is 1. The van der Waals surface area contributed by atoms with Gasteiger partial charge in [0.2, 0.25) is 0 Å². The Labute approximate surface area is 224 Å². The summed E-state index contributed by atoms with van der Waals surface area (Å²) < 4.78 is 0. The van der Waals surface area contributed by atoms with Crippen LogP contribution in [0.1, 0.15) is 75.0 Å². The van der Waals surface area contributed by atoms with E-state index in [1.54, 1.807) is 22.7 Å². The Kier molecular flexibility index (Phi) is 6.10. The maximum absolute atomic E-state index is 13.4. The van der Waals surface area contributed by atoms with Crippen molar-refractivity contribution in [3.8, 4) is 0 Å². The smallest absolute Gasteiger partial charge is 0.269 e. The van der Waals surface area contributed by atoms with E-state index in [1.807, 2.05) is 17.0 Å².